The summed E-state index contributed by atoms with van der Waals surface area (Å²) < 4.78 is 5.66. The standard InChI is InChI=1S/C21H33ClN4O.HI/c1-3-23-20(25(2)16-18-8-4-5-9-19(18)22)24-17-21(10-14-27-15-11-21)26-12-6-7-13-26;/h4-5,8-9H,3,6-7,10-17H2,1-2H3,(H,23,24);1H. The van der Waals surface area contributed by atoms with Crippen molar-refractivity contribution in [3.63, 3.8) is 0 Å². The first-order valence-electron chi connectivity index (χ1n) is 10.2. The molecule has 0 atom stereocenters. The average molecular weight is 521 g/mol. The molecule has 5 nitrogen and oxygen atoms in total. The van der Waals surface area contributed by atoms with Crippen molar-refractivity contribution in [1.29, 1.82) is 0 Å². The monoisotopic (exact) mass is 520 g/mol. The van der Waals surface area contributed by atoms with Crippen LogP contribution in [-0.2, 0) is 11.3 Å². The Morgan fingerprint density at radius 2 is 1.93 bits per heavy atom. The van der Waals surface area contributed by atoms with E-state index in [2.05, 4.69) is 35.2 Å². The minimum absolute atomic E-state index is 0. The molecule has 0 radical (unpaired) electrons. The van der Waals surface area contributed by atoms with E-state index in [9.17, 15) is 0 Å². The number of guanidine groups is 1. The van der Waals surface area contributed by atoms with Crippen LogP contribution in [-0.4, -0.2) is 67.7 Å². The van der Waals surface area contributed by atoms with Crippen molar-refractivity contribution in [2.24, 2.45) is 4.99 Å². The van der Waals surface area contributed by atoms with Crippen LogP contribution in [0.5, 0.6) is 0 Å². The van der Waals surface area contributed by atoms with E-state index < -0.39 is 0 Å². The molecule has 158 valence electrons. The summed E-state index contributed by atoms with van der Waals surface area (Å²) in [6.45, 7) is 8.62. The lowest BCUT2D eigenvalue weighted by Crippen LogP contribution is -2.54. The van der Waals surface area contributed by atoms with Gasteiger partial charge in [-0.15, -0.1) is 24.0 Å². The highest BCUT2D eigenvalue weighted by atomic mass is 127. The van der Waals surface area contributed by atoms with Crippen LogP contribution in [0.4, 0.5) is 0 Å². The molecule has 0 spiro atoms. The summed E-state index contributed by atoms with van der Waals surface area (Å²) >= 11 is 6.35. The normalized spacial score (nSPS) is 19.9. The van der Waals surface area contributed by atoms with Crippen molar-refractivity contribution in [1.82, 2.24) is 15.1 Å². The molecule has 2 heterocycles. The number of nitrogens with one attached hydrogen (secondary N) is 1. The maximum Gasteiger partial charge on any atom is 0.194 e. The van der Waals surface area contributed by atoms with Gasteiger partial charge in [0, 0.05) is 43.9 Å². The fourth-order valence-electron chi connectivity index (χ4n) is 4.17. The van der Waals surface area contributed by atoms with E-state index in [4.69, 9.17) is 21.3 Å². The van der Waals surface area contributed by atoms with Gasteiger partial charge in [-0.2, -0.15) is 0 Å². The molecular formula is C21H34ClIN4O. The predicted molar refractivity (Wildman–Crippen MR) is 128 cm³/mol. The number of halogens is 2. The molecule has 0 aromatic heterocycles. The van der Waals surface area contributed by atoms with E-state index in [1.165, 1.54) is 25.9 Å². The van der Waals surface area contributed by atoms with Gasteiger partial charge in [0.15, 0.2) is 5.96 Å². The Balaban J connectivity index is 0.00000280. The van der Waals surface area contributed by atoms with Gasteiger partial charge in [0.05, 0.1) is 6.54 Å². The number of benzene rings is 1. The first-order valence-corrected chi connectivity index (χ1v) is 10.6. The molecule has 2 aliphatic rings. The van der Waals surface area contributed by atoms with Gasteiger partial charge in [-0.1, -0.05) is 29.8 Å². The first-order chi connectivity index (χ1) is 13.1. The molecule has 28 heavy (non-hydrogen) atoms. The third-order valence-electron chi connectivity index (χ3n) is 5.79. The molecule has 0 unspecified atom stereocenters. The Kier molecular flexibility index (Phi) is 9.80. The van der Waals surface area contributed by atoms with Crippen LogP contribution in [0.15, 0.2) is 29.3 Å². The molecule has 2 aliphatic heterocycles. The quantitative estimate of drug-likeness (QED) is 0.350. The lowest BCUT2D eigenvalue weighted by molar-refractivity contribution is -0.0139. The zero-order chi connectivity index (χ0) is 19.1. The molecule has 2 fully saturated rings. The van der Waals surface area contributed by atoms with Gasteiger partial charge < -0.3 is 15.0 Å². The van der Waals surface area contributed by atoms with Crippen molar-refractivity contribution in [3.05, 3.63) is 34.9 Å². The van der Waals surface area contributed by atoms with E-state index in [1.54, 1.807) is 0 Å². The van der Waals surface area contributed by atoms with Gasteiger partial charge in [-0.3, -0.25) is 9.89 Å². The maximum atomic E-state index is 6.35. The number of ether oxygens (including phenoxy) is 1. The molecule has 3 rings (SSSR count). The summed E-state index contributed by atoms with van der Waals surface area (Å²) in [5, 5.41) is 4.26. The molecule has 7 heteroatoms. The van der Waals surface area contributed by atoms with Gasteiger partial charge in [0.1, 0.15) is 0 Å². The summed E-state index contributed by atoms with van der Waals surface area (Å²) in [4.78, 5) is 9.90. The highest BCUT2D eigenvalue weighted by Gasteiger charge is 2.39. The number of hydrogen-bond acceptors (Lipinski definition) is 3. The van der Waals surface area contributed by atoms with E-state index in [-0.39, 0.29) is 29.5 Å². The maximum absolute atomic E-state index is 6.35. The van der Waals surface area contributed by atoms with Gasteiger partial charge in [-0.05, 0) is 57.3 Å². The summed E-state index contributed by atoms with van der Waals surface area (Å²) in [5.41, 5.74) is 1.27. The van der Waals surface area contributed by atoms with Gasteiger partial charge >= 0.3 is 0 Å². The zero-order valence-electron chi connectivity index (χ0n) is 17.1. The Labute approximate surface area is 191 Å². The summed E-state index contributed by atoms with van der Waals surface area (Å²) in [5.74, 6) is 0.947. The van der Waals surface area contributed by atoms with Crippen LogP contribution in [0, 0.1) is 0 Å². The molecule has 1 N–H and O–H groups in total. The Morgan fingerprint density at radius 1 is 1.25 bits per heavy atom. The molecule has 0 saturated carbocycles. The third-order valence-corrected chi connectivity index (χ3v) is 6.15. The molecule has 0 amide bonds. The lowest BCUT2D eigenvalue weighted by atomic mass is 9.88. The molecule has 2 saturated heterocycles. The summed E-state index contributed by atoms with van der Waals surface area (Å²) in [7, 11) is 2.08. The van der Waals surface area contributed by atoms with Gasteiger partial charge in [-0.25, -0.2) is 0 Å². The third kappa shape index (κ3) is 5.97. The van der Waals surface area contributed by atoms with Crippen molar-refractivity contribution in [2.75, 3.05) is 46.4 Å². The zero-order valence-corrected chi connectivity index (χ0v) is 20.2. The highest BCUT2D eigenvalue weighted by Crippen LogP contribution is 2.31. The molecule has 1 aromatic carbocycles. The van der Waals surface area contributed by atoms with Crippen molar-refractivity contribution >= 4 is 41.5 Å². The molecular weight excluding hydrogens is 487 g/mol. The Morgan fingerprint density at radius 3 is 2.57 bits per heavy atom. The topological polar surface area (TPSA) is 40.1 Å². The first kappa shape index (κ1) is 23.7. The minimum Gasteiger partial charge on any atom is -0.381 e. The second-order valence-corrected chi connectivity index (χ2v) is 8.06. The highest BCUT2D eigenvalue weighted by molar-refractivity contribution is 14.0. The van der Waals surface area contributed by atoms with E-state index in [0.29, 0.717) is 0 Å². The molecule has 0 aliphatic carbocycles. The van der Waals surface area contributed by atoms with Crippen LogP contribution < -0.4 is 5.32 Å². The van der Waals surface area contributed by atoms with Crippen LogP contribution in [0.1, 0.15) is 38.2 Å². The number of aliphatic imine (C=N–C) groups is 1. The van der Waals surface area contributed by atoms with Crippen molar-refractivity contribution < 1.29 is 4.74 Å². The minimum atomic E-state index is 0. The fourth-order valence-corrected chi connectivity index (χ4v) is 4.36. The Bertz CT molecular complexity index is 631. The van der Waals surface area contributed by atoms with Gasteiger partial charge in [0.25, 0.3) is 0 Å². The van der Waals surface area contributed by atoms with Crippen LogP contribution >= 0.6 is 35.6 Å². The largest absolute Gasteiger partial charge is 0.381 e. The summed E-state index contributed by atoms with van der Waals surface area (Å²) in [6, 6.07) is 8.02. The number of rotatable bonds is 6. The van der Waals surface area contributed by atoms with Gasteiger partial charge in [0.2, 0.25) is 0 Å². The number of hydrogen-bond donors (Lipinski definition) is 1. The molecule has 0 bridgehead atoms. The van der Waals surface area contributed by atoms with Crippen molar-refractivity contribution in [3.8, 4) is 0 Å². The predicted octanol–water partition coefficient (Wildman–Crippen LogP) is 4.00. The van der Waals surface area contributed by atoms with Crippen LogP contribution in [0.2, 0.25) is 5.02 Å². The van der Waals surface area contributed by atoms with Crippen LogP contribution in [0.3, 0.4) is 0 Å². The van der Waals surface area contributed by atoms with E-state index in [0.717, 1.165) is 62.2 Å². The fraction of sp³-hybridized carbons (Fsp3) is 0.667. The van der Waals surface area contributed by atoms with Crippen LogP contribution in [0.25, 0.3) is 0 Å². The second-order valence-electron chi connectivity index (χ2n) is 7.65. The summed E-state index contributed by atoms with van der Waals surface area (Å²) in [6.07, 6.45) is 4.76. The number of nitrogens with zero attached hydrogens (tertiary/aromatic N) is 3. The average Bonchev–Trinajstić information content (AvgIpc) is 3.23. The molecule has 1 aromatic rings. The van der Waals surface area contributed by atoms with E-state index in [1.807, 2.05) is 18.2 Å². The lowest BCUT2D eigenvalue weighted by Gasteiger charge is -2.43. The number of likely N-dealkylation sites (tertiary alicyclic amines) is 1. The SMILES string of the molecule is CCNC(=NCC1(N2CCCC2)CCOCC1)N(C)Cc1ccccc1Cl.I. The van der Waals surface area contributed by atoms with Crippen molar-refractivity contribution in [2.45, 2.75) is 44.7 Å². The Hall–Kier alpha value is -0.570. The smallest absolute Gasteiger partial charge is 0.194 e. The second kappa shape index (κ2) is 11.6. The van der Waals surface area contributed by atoms with E-state index >= 15 is 0 Å².